The Morgan fingerprint density at radius 2 is 1.70 bits per heavy atom. The Hall–Kier alpha value is -4.21. The van der Waals surface area contributed by atoms with Crippen LogP contribution in [-0.4, -0.2) is 44.5 Å². The molecule has 0 radical (unpaired) electrons. The van der Waals surface area contributed by atoms with Crippen LogP contribution in [0.4, 0.5) is 0 Å². The summed E-state index contributed by atoms with van der Waals surface area (Å²) < 4.78 is 9.89. The smallest absolute Gasteiger partial charge is 0.340 e. The molecule has 0 N–H and O–H groups in total. The summed E-state index contributed by atoms with van der Waals surface area (Å²) in [7, 11) is 1.40. The van der Waals surface area contributed by atoms with Crippen molar-refractivity contribution in [1.29, 1.82) is 0 Å². The van der Waals surface area contributed by atoms with Crippen molar-refractivity contribution < 1.29 is 9.53 Å². The van der Waals surface area contributed by atoms with Gasteiger partial charge in [0.15, 0.2) is 5.82 Å². The Labute approximate surface area is 243 Å². The molecule has 0 aliphatic carbocycles. The first-order chi connectivity index (χ1) is 19.6. The molecule has 0 atom stereocenters. The molecule has 6 rings (SSSR count). The number of rotatable bonds is 8. The van der Waals surface area contributed by atoms with Crippen LogP contribution in [-0.2, 0) is 11.3 Å². The van der Waals surface area contributed by atoms with Crippen molar-refractivity contribution in [2.24, 2.45) is 5.10 Å². The number of aryl methyl sites for hydroxylation is 1. The highest BCUT2D eigenvalue weighted by molar-refractivity contribution is 9.10. The van der Waals surface area contributed by atoms with Crippen molar-refractivity contribution in [1.82, 2.24) is 19.4 Å². The lowest BCUT2D eigenvalue weighted by Gasteiger charge is -2.08. The molecule has 2 heterocycles. The predicted molar refractivity (Wildman–Crippen MR) is 164 cm³/mol. The molecule has 0 aliphatic heterocycles. The minimum atomic E-state index is -0.343. The molecular formula is C31H24BrN5O2S. The fourth-order valence-corrected chi connectivity index (χ4v) is 5.75. The Balaban J connectivity index is 1.33. The summed E-state index contributed by atoms with van der Waals surface area (Å²) in [6.07, 6.45) is 3.67. The average molecular weight is 611 g/mol. The van der Waals surface area contributed by atoms with Gasteiger partial charge in [-0.05, 0) is 34.5 Å². The van der Waals surface area contributed by atoms with Crippen molar-refractivity contribution in [2.45, 2.75) is 11.7 Å². The van der Waals surface area contributed by atoms with E-state index in [0.29, 0.717) is 28.8 Å². The van der Waals surface area contributed by atoms with Gasteiger partial charge in [0.25, 0.3) is 0 Å². The van der Waals surface area contributed by atoms with Crippen LogP contribution in [0.2, 0.25) is 0 Å². The monoisotopic (exact) mass is 609 g/mol. The van der Waals surface area contributed by atoms with Crippen molar-refractivity contribution >= 4 is 61.6 Å². The Bertz CT molecular complexity index is 1850. The second-order valence-corrected chi connectivity index (χ2v) is 11.0. The van der Waals surface area contributed by atoms with Gasteiger partial charge in [0, 0.05) is 39.4 Å². The first-order valence-electron chi connectivity index (χ1n) is 12.6. The molecule has 4 aromatic carbocycles. The van der Waals surface area contributed by atoms with Gasteiger partial charge in [0.1, 0.15) is 0 Å². The van der Waals surface area contributed by atoms with Crippen LogP contribution < -0.4 is 0 Å². The Kier molecular flexibility index (Phi) is 7.48. The molecule has 0 bridgehead atoms. The summed E-state index contributed by atoms with van der Waals surface area (Å²) in [4.78, 5) is 12.3. The van der Waals surface area contributed by atoms with Crippen LogP contribution in [0.1, 0.15) is 15.9 Å². The summed E-state index contributed by atoms with van der Waals surface area (Å²) >= 11 is 5.05. The van der Waals surface area contributed by atoms with Gasteiger partial charge in [-0.2, -0.15) is 9.78 Å². The number of carbonyl (C=O) groups excluding carboxylic acids is 1. The first kappa shape index (κ1) is 26.0. The lowest BCUT2D eigenvalue weighted by atomic mass is 10.0. The molecule has 40 heavy (non-hydrogen) atoms. The van der Waals surface area contributed by atoms with E-state index in [1.54, 1.807) is 11.8 Å². The number of esters is 1. The van der Waals surface area contributed by atoms with E-state index < -0.39 is 0 Å². The van der Waals surface area contributed by atoms with Crippen LogP contribution in [0.3, 0.4) is 0 Å². The van der Waals surface area contributed by atoms with Gasteiger partial charge in [0.05, 0.1) is 18.9 Å². The molecule has 0 spiro atoms. The molecule has 0 saturated carbocycles. The van der Waals surface area contributed by atoms with E-state index in [2.05, 4.69) is 48.9 Å². The Morgan fingerprint density at radius 3 is 2.52 bits per heavy atom. The number of aromatic nitrogens is 4. The van der Waals surface area contributed by atoms with Gasteiger partial charge in [-0.3, -0.25) is 0 Å². The quantitative estimate of drug-likeness (QED) is 0.103. The van der Waals surface area contributed by atoms with Gasteiger partial charge in [-0.25, -0.2) is 4.79 Å². The van der Waals surface area contributed by atoms with Crippen molar-refractivity contribution in [3.63, 3.8) is 0 Å². The van der Waals surface area contributed by atoms with E-state index in [1.165, 1.54) is 7.11 Å². The molecule has 6 aromatic rings. The SMILES string of the molecule is COC(=O)c1cn(CCSc2nnc(-c3cccc4ccccc34)n2/N=C/c2ccc(Br)cc2)c2ccccc12. The van der Waals surface area contributed by atoms with Gasteiger partial charge in [-0.1, -0.05) is 100 Å². The summed E-state index contributed by atoms with van der Waals surface area (Å²) in [5.41, 5.74) is 3.47. The van der Waals surface area contributed by atoms with E-state index in [-0.39, 0.29) is 5.97 Å². The predicted octanol–water partition coefficient (Wildman–Crippen LogP) is 7.28. The number of fused-ring (bicyclic) bond motifs is 2. The lowest BCUT2D eigenvalue weighted by molar-refractivity contribution is 0.0602. The highest BCUT2D eigenvalue weighted by Crippen LogP contribution is 2.30. The number of benzene rings is 4. The summed E-state index contributed by atoms with van der Waals surface area (Å²) in [5, 5.41) is 17.7. The number of ether oxygens (including phenoxy) is 1. The fourth-order valence-electron chi connectivity index (χ4n) is 4.66. The third-order valence-electron chi connectivity index (χ3n) is 6.59. The second kappa shape index (κ2) is 11.5. The van der Waals surface area contributed by atoms with Crippen LogP contribution in [0.25, 0.3) is 33.1 Å². The summed E-state index contributed by atoms with van der Waals surface area (Å²) in [5.74, 6) is 1.03. The molecule has 2 aromatic heterocycles. The molecule has 0 amide bonds. The number of nitrogens with zero attached hydrogens (tertiary/aromatic N) is 5. The largest absolute Gasteiger partial charge is 0.465 e. The average Bonchev–Trinajstić information content (AvgIpc) is 3.57. The zero-order valence-corrected chi connectivity index (χ0v) is 24.0. The van der Waals surface area contributed by atoms with E-state index in [4.69, 9.17) is 9.84 Å². The molecule has 9 heteroatoms. The number of halogens is 1. The molecule has 0 fully saturated rings. The highest BCUT2D eigenvalue weighted by Gasteiger charge is 2.18. The number of carbonyl (C=O) groups is 1. The minimum Gasteiger partial charge on any atom is -0.465 e. The molecule has 7 nitrogen and oxygen atoms in total. The van der Waals surface area contributed by atoms with Crippen molar-refractivity contribution in [2.75, 3.05) is 12.9 Å². The first-order valence-corrected chi connectivity index (χ1v) is 14.4. The molecular weight excluding hydrogens is 586 g/mol. The molecule has 0 aliphatic rings. The highest BCUT2D eigenvalue weighted by atomic mass is 79.9. The summed E-state index contributed by atoms with van der Waals surface area (Å²) in [6, 6.07) is 30.2. The van der Waals surface area contributed by atoms with Gasteiger partial charge >= 0.3 is 5.97 Å². The zero-order valence-electron chi connectivity index (χ0n) is 21.6. The lowest BCUT2D eigenvalue weighted by Crippen LogP contribution is -2.02. The third kappa shape index (κ3) is 5.17. The maximum absolute atomic E-state index is 12.3. The standard InChI is InChI=1S/C31H24BrN5O2S/c1-39-30(38)27-20-36(28-12-5-4-10-25(27)28)17-18-40-31-35-34-29(26-11-6-8-22-7-2-3-9-24(22)26)37(31)33-19-21-13-15-23(32)16-14-21/h2-16,19-20H,17-18H2,1H3/b33-19+. The van der Waals surface area contributed by atoms with E-state index in [0.717, 1.165) is 37.3 Å². The van der Waals surface area contributed by atoms with Crippen LogP contribution >= 0.6 is 27.7 Å². The normalized spacial score (nSPS) is 11.6. The van der Waals surface area contributed by atoms with Crippen LogP contribution in [0.15, 0.2) is 112 Å². The third-order valence-corrected chi connectivity index (χ3v) is 8.02. The van der Waals surface area contributed by atoms with E-state index >= 15 is 0 Å². The van der Waals surface area contributed by atoms with Crippen molar-refractivity contribution in [3.8, 4) is 11.4 Å². The summed E-state index contributed by atoms with van der Waals surface area (Å²) in [6.45, 7) is 0.662. The van der Waals surface area contributed by atoms with Gasteiger partial charge < -0.3 is 9.30 Å². The van der Waals surface area contributed by atoms with Gasteiger partial charge in [-0.15, -0.1) is 10.2 Å². The molecule has 0 unspecified atom stereocenters. The number of thioether (sulfide) groups is 1. The Morgan fingerprint density at radius 1 is 0.950 bits per heavy atom. The molecule has 198 valence electrons. The van der Waals surface area contributed by atoms with Crippen LogP contribution in [0.5, 0.6) is 0 Å². The van der Waals surface area contributed by atoms with E-state index in [1.807, 2.05) is 89.9 Å². The number of hydrogen-bond donors (Lipinski definition) is 0. The fraction of sp³-hybridized carbons (Fsp3) is 0.0968. The number of para-hydroxylation sites is 1. The zero-order chi connectivity index (χ0) is 27.5. The second-order valence-electron chi connectivity index (χ2n) is 9.03. The number of methoxy groups -OCH3 is 1. The minimum absolute atomic E-state index is 0.343. The van der Waals surface area contributed by atoms with Crippen molar-refractivity contribution in [3.05, 3.63) is 113 Å². The topological polar surface area (TPSA) is 74.3 Å². The number of hydrogen-bond acceptors (Lipinski definition) is 6. The maximum Gasteiger partial charge on any atom is 0.340 e. The van der Waals surface area contributed by atoms with Crippen LogP contribution in [0, 0.1) is 0 Å². The maximum atomic E-state index is 12.3. The molecule has 0 saturated heterocycles. The van der Waals surface area contributed by atoms with Gasteiger partial charge in [0.2, 0.25) is 5.16 Å². The van der Waals surface area contributed by atoms with E-state index in [9.17, 15) is 4.79 Å².